The number of carbonyl (C=O) groups excluding carboxylic acids is 3. The molecule has 2 heterocycles. The minimum absolute atomic E-state index is 0.0750. The van der Waals surface area contributed by atoms with Gasteiger partial charge in [-0.05, 0) is 48.9 Å². The lowest BCUT2D eigenvalue weighted by Gasteiger charge is -2.36. The van der Waals surface area contributed by atoms with E-state index in [9.17, 15) is 14.4 Å². The highest BCUT2D eigenvalue weighted by molar-refractivity contribution is 6.39. The highest BCUT2D eigenvalue weighted by Crippen LogP contribution is 2.24. The van der Waals surface area contributed by atoms with Crippen LogP contribution in [0.3, 0.4) is 0 Å². The fourth-order valence-corrected chi connectivity index (χ4v) is 4.29. The van der Waals surface area contributed by atoms with Gasteiger partial charge in [0.2, 0.25) is 5.91 Å². The Morgan fingerprint density at radius 2 is 1.71 bits per heavy atom. The van der Waals surface area contributed by atoms with E-state index in [-0.39, 0.29) is 5.91 Å². The molecule has 2 aliphatic heterocycles. The van der Waals surface area contributed by atoms with Crippen LogP contribution in [0.25, 0.3) is 0 Å². The third-order valence-corrected chi connectivity index (χ3v) is 6.22. The maximum Gasteiger partial charge on any atom is 0.313 e. The molecule has 9 nitrogen and oxygen atoms in total. The Hall–Kier alpha value is -3.59. The lowest BCUT2D eigenvalue weighted by atomic mass is 10.2. The quantitative estimate of drug-likeness (QED) is 0.605. The number of nitrogens with one attached hydrogen (secondary N) is 2. The second-order valence-corrected chi connectivity index (χ2v) is 8.44. The molecule has 2 aliphatic rings. The first-order valence-corrected chi connectivity index (χ1v) is 11.6. The van der Waals surface area contributed by atoms with E-state index in [2.05, 4.69) is 32.6 Å². The first-order chi connectivity index (χ1) is 16.5. The first kappa shape index (κ1) is 23.6. The Labute approximate surface area is 199 Å². The SMILES string of the molecule is COc1ccc(N2CCN(CCNC(=O)C(=O)Nc3cccc(N4CCCC4=O)c3)CC2)cc1. The van der Waals surface area contributed by atoms with Gasteiger partial charge < -0.3 is 25.2 Å². The van der Waals surface area contributed by atoms with Gasteiger partial charge >= 0.3 is 11.8 Å². The molecular weight excluding hydrogens is 434 g/mol. The zero-order chi connectivity index (χ0) is 23.9. The van der Waals surface area contributed by atoms with Crippen molar-refractivity contribution in [1.29, 1.82) is 0 Å². The molecule has 0 aliphatic carbocycles. The van der Waals surface area contributed by atoms with Gasteiger partial charge in [0.15, 0.2) is 0 Å². The fraction of sp³-hybridized carbons (Fsp3) is 0.400. The van der Waals surface area contributed by atoms with Crippen molar-refractivity contribution < 1.29 is 19.1 Å². The minimum atomic E-state index is -0.714. The van der Waals surface area contributed by atoms with Crippen LogP contribution in [0, 0.1) is 0 Å². The summed E-state index contributed by atoms with van der Waals surface area (Å²) >= 11 is 0. The predicted molar refractivity (Wildman–Crippen MR) is 131 cm³/mol. The van der Waals surface area contributed by atoms with E-state index in [0.29, 0.717) is 31.7 Å². The summed E-state index contributed by atoms with van der Waals surface area (Å²) in [5.41, 5.74) is 2.39. The zero-order valence-electron chi connectivity index (χ0n) is 19.5. The van der Waals surface area contributed by atoms with Crippen LogP contribution in [0.5, 0.6) is 5.75 Å². The smallest absolute Gasteiger partial charge is 0.313 e. The summed E-state index contributed by atoms with van der Waals surface area (Å²) < 4.78 is 5.21. The standard InChI is InChI=1S/C25H31N5O4/c1-34-22-9-7-20(8-10-22)29-16-14-28(15-17-29)13-11-26-24(32)25(33)27-19-4-2-5-21(18-19)30-12-3-6-23(30)31/h2,4-5,7-10,18H,3,6,11-17H2,1H3,(H,26,32)(H,27,33). The lowest BCUT2D eigenvalue weighted by Crippen LogP contribution is -2.49. The second kappa shape index (κ2) is 11.0. The molecule has 4 rings (SSSR count). The number of methoxy groups -OCH3 is 1. The number of rotatable bonds is 7. The summed E-state index contributed by atoms with van der Waals surface area (Å²) in [4.78, 5) is 42.8. The zero-order valence-corrected chi connectivity index (χ0v) is 19.5. The number of nitrogens with zero attached hydrogens (tertiary/aromatic N) is 3. The highest BCUT2D eigenvalue weighted by atomic mass is 16.5. The average Bonchev–Trinajstić information content (AvgIpc) is 3.30. The summed E-state index contributed by atoms with van der Waals surface area (Å²) in [6, 6.07) is 15.1. The van der Waals surface area contributed by atoms with Crippen LogP contribution in [-0.2, 0) is 14.4 Å². The summed E-state index contributed by atoms with van der Waals surface area (Å²) in [6.45, 7) is 5.32. The van der Waals surface area contributed by atoms with Crippen molar-refractivity contribution in [2.24, 2.45) is 0 Å². The molecule has 0 saturated carbocycles. The van der Waals surface area contributed by atoms with E-state index in [0.717, 1.165) is 44.0 Å². The van der Waals surface area contributed by atoms with Crippen molar-refractivity contribution in [3.63, 3.8) is 0 Å². The van der Waals surface area contributed by atoms with Gasteiger partial charge in [0.25, 0.3) is 0 Å². The van der Waals surface area contributed by atoms with Crippen LogP contribution in [-0.4, -0.2) is 75.5 Å². The van der Waals surface area contributed by atoms with E-state index in [4.69, 9.17) is 4.74 Å². The van der Waals surface area contributed by atoms with Gasteiger partial charge in [-0.15, -0.1) is 0 Å². The molecule has 0 atom stereocenters. The molecule has 180 valence electrons. The summed E-state index contributed by atoms with van der Waals surface area (Å²) in [5.74, 6) is -0.462. The normalized spacial score (nSPS) is 16.4. The van der Waals surface area contributed by atoms with Crippen LogP contribution < -0.4 is 25.2 Å². The second-order valence-electron chi connectivity index (χ2n) is 8.44. The molecular formula is C25H31N5O4. The Kier molecular flexibility index (Phi) is 7.64. The molecule has 34 heavy (non-hydrogen) atoms. The molecule has 0 spiro atoms. The van der Waals surface area contributed by atoms with Crippen LogP contribution in [0.2, 0.25) is 0 Å². The topological polar surface area (TPSA) is 94.2 Å². The molecule has 2 aromatic carbocycles. The van der Waals surface area contributed by atoms with E-state index < -0.39 is 11.8 Å². The Morgan fingerprint density at radius 1 is 0.941 bits per heavy atom. The predicted octanol–water partition coefficient (Wildman–Crippen LogP) is 1.70. The van der Waals surface area contributed by atoms with Crippen molar-refractivity contribution >= 4 is 34.8 Å². The van der Waals surface area contributed by atoms with E-state index >= 15 is 0 Å². The van der Waals surface area contributed by atoms with Crippen LogP contribution >= 0.6 is 0 Å². The lowest BCUT2D eigenvalue weighted by molar-refractivity contribution is -0.136. The third-order valence-electron chi connectivity index (χ3n) is 6.22. The number of piperazine rings is 1. The maximum atomic E-state index is 12.3. The number of benzene rings is 2. The van der Waals surface area contributed by atoms with Gasteiger partial charge in [-0.1, -0.05) is 6.07 Å². The molecule has 2 fully saturated rings. The van der Waals surface area contributed by atoms with Crippen LogP contribution in [0.1, 0.15) is 12.8 Å². The van der Waals surface area contributed by atoms with Gasteiger partial charge in [0, 0.05) is 69.3 Å². The third kappa shape index (κ3) is 5.85. The van der Waals surface area contributed by atoms with Crippen molar-refractivity contribution in [3.05, 3.63) is 48.5 Å². The Balaban J connectivity index is 1.18. The van der Waals surface area contributed by atoms with Gasteiger partial charge in [0.05, 0.1) is 7.11 Å². The first-order valence-electron chi connectivity index (χ1n) is 11.6. The molecule has 2 saturated heterocycles. The molecule has 9 heteroatoms. The van der Waals surface area contributed by atoms with E-state index in [1.165, 1.54) is 5.69 Å². The molecule has 0 aromatic heterocycles. The largest absolute Gasteiger partial charge is 0.497 e. The van der Waals surface area contributed by atoms with Gasteiger partial charge in [-0.3, -0.25) is 19.3 Å². The van der Waals surface area contributed by atoms with Gasteiger partial charge in [-0.2, -0.15) is 0 Å². The van der Waals surface area contributed by atoms with Crippen molar-refractivity contribution in [2.75, 3.05) is 68.0 Å². The number of ether oxygens (including phenoxy) is 1. The molecule has 0 unspecified atom stereocenters. The minimum Gasteiger partial charge on any atom is -0.497 e. The van der Waals surface area contributed by atoms with E-state index in [1.54, 1.807) is 30.2 Å². The fourth-order valence-electron chi connectivity index (χ4n) is 4.29. The van der Waals surface area contributed by atoms with Crippen LogP contribution in [0.15, 0.2) is 48.5 Å². The van der Waals surface area contributed by atoms with Crippen molar-refractivity contribution in [2.45, 2.75) is 12.8 Å². The molecule has 2 aromatic rings. The monoisotopic (exact) mass is 465 g/mol. The summed E-state index contributed by atoms with van der Waals surface area (Å²) in [5, 5.41) is 5.32. The van der Waals surface area contributed by atoms with Crippen molar-refractivity contribution in [1.82, 2.24) is 10.2 Å². The van der Waals surface area contributed by atoms with E-state index in [1.807, 2.05) is 18.2 Å². The summed E-state index contributed by atoms with van der Waals surface area (Å²) in [7, 11) is 1.66. The molecule has 2 N–H and O–H groups in total. The Bertz CT molecular complexity index is 1020. The number of anilines is 3. The van der Waals surface area contributed by atoms with Crippen molar-refractivity contribution in [3.8, 4) is 5.75 Å². The molecule has 3 amide bonds. The number of carbonyl (C=O) groups is 3. The molecule has 0 bridgehead atoms. The maximum absolute atomic E-state index is 12.3. The Morgan fingerprint density at radius 3 is 2.38 bits per heavy atom. The summed E-state index contributed by atoms with van der Waals surface area (Å²) in [6.07, 6.45) is 1.36. The van der Waals surface area contributed by atoms with Gasteiger partial charge in [0.1, 0.15) is 5.75 Å². The number of amides is 3. The van der Waals surface area contributed by atoms with Gasteiger partial charge in [-0.25, -0.2) is 0 Å². The number of hydrogen-bond acceptors (Lipinski definition) is 6. The van der Waals surface area contributed by atoms with Crippen LogP contribution in [0.4, 0.5) is 17.1 Å². The highest BCUT2D eigenvalue weighted by Gasteiger charge is 2.22. The molecule has 0 radical (unpaired) electrons. The average molecular weight is 466 g/mol. The number of hydrogen-bond donors (Lipinski definition) is 2.